The molecule has 2 unspecified atom stereocenters. The first-order valence-electron chi connectivity index (χ1n) is 8.56. The molecule has 3 amide bonds. The SMILES string of the molecule is O=C(CN1C(=O)C2CCCCC2C1=O)NCCSc1ccc(Cl)cc1. The highest BCUT2D eigenvalue weighted by Gasteiger charge is 2.48. The van der Waals surface area contributed by atoms with Gasteiger partial charge >= 0.3 is 0 Å². The summed E-state index contributed by atoms with van der Waals surface area (Å²) >= 11 is 7.45. The first-order valence-corrected chi connectivity index (χ1v) is 9.93. The molecule has 0 bridgehead atoms. The number of carbonyl (C=O) groups excluding carboxylic acids is 3. The summed E-state index contributed by atoms with van der Waals surface area (Å²) in [6, 6.07) is 7.51. The van der Waals surface area contributed by atoms with Crippen LogP contribution in [0.3, 0.4) is 0 Å². The van der Waals surface area contributed by atoms with Gasteiger partial charge in [-0.25, -0.2) is 0 Å². The Bertz CT molecular complexity index is 641. The van der Waals surface area contributed by atoms with Crippen LogP contribution in [-0.4, -0.2) is 41.5 Å². The number of amides is 3. The summed E-state index contributed by atoms with van der Waals surface area (Å²) in [7, 11) is 0. The molecule has 134 valence electrons. The molecule has 1 aliphatic heterocycles. The van der Waals surface area contributed by atoms with E-state index in [-0.39, 0.29) is 36.1 Å². The van der Waals surface area contributed by atoms with Crippen LogP contribution in [0.2, 0.25) is 5.02 Å². The van der Waals surface area contributed by atoms with E-state index < -0.39 is 0 Å². The van der Waals surface area contributed by atoms with Crippen LogP contribution in [0.5, 0.6) is 0 Å². The van der Waals surface area contributed by atoms with Crippen molar-refractivity contribution in [3.8, 4) is 0 Å². The van der Waals surface area contributed by atoms with Crippen molar-refractivity contribution in [1.29, 1.82) is 0 Å². The standard InChI is InChI=1S/C18H21ClN2O3S/c19-12-5-7-13(8-6-12)25-10-9-20-16(22)11-21-17(23)14-3-1-2-4-15(14)18(21)24/h5-8,14-15H,1-4,9-11H2,(H,20,22). The lowest BCUT2D eigenvalue weighted by Gasteiger charge is -2.19. The molecule has 0 radical (unpaired) electrons. The molecule has 1 aromatic rings. The summed E-state index contributed by atoms with van der Waals surface area (Å²) in [6.07, 6.45) is 3.51. The number of likely N-dealkylation sites (tertiary alicyclic amines) is 1. The monoisotopic (exact) mass is 380 g/mol. The van der Waals surface area contributed by atoms with Gasteiger partial charge in [0.1, 0.15) is 6.54 Å². The predicted molar refractivity (Wildman–Crippen MR) is 97.4 cm³/mol. The highest BCUT2D eigenvalue weighted by atomic mass is 35.5. The fourth-order valence-electron chi connectivity index (χ4n) is 3.48. The average Bonchev–Trinajstić information content (AvgIpc) is 2.86. The van der Waals surface area contributed by atoms with Crippen molar-refractivity contribution in [3.63, 3.8) is 0 Å². The van der Waals surface area contributed by atoms with Crippen molar-refractivity contribution >= 4 is 41.1 Å². The number of hydrogen-bond donors (Lipinski definition) is 1. The summed E-state index contributed by atoms with van der Waals surface area (Å²) < 4.78 is 0. The number of fused-ring (bicyclic) bond motifs is 1. The van der Waals surface area contributed by atoms with E-state index in [2.05, 4.69) is 5.32 Å². The van der Waals surface area contributed by atoms with Gasteiger partial charge in [0.2, 0.25) is 17.7 Å². The van der Waals surface area contributed by atoms with E-state index >= 15 is 0 Å². The van der Waals surface area contributed by atoms with Crippen LogP contribution < -0.4 is 5.32 Å². The molecule has 25 heavy (non-hydrogen) atoms. The van der Waals surface area contributed by atoms with Crippen molar-refractivity contribution in [2.45, 2.75) is 30.6 Å². The normalized spacial score (nSPS) is 22.8. The molecule has 3 rings (SSSR count). The summed E-state index contributed by atoms with van der Waals surface area (Å²) in [5.74, 6) is -0.303. The molecule has 1 N–H and O–H groups in total. The largest absolute Gasteiger partial charge is 0.354 e. The van der Waals surface area contributed by atoms with E-state index in [0.717, 1.165) is 35.5 Å². The molecule has 2 fully saturated rings. The molecule has 1 aromatic carbocycles. The molecule has 1 aliphatic carbocycles. The van der Waals surface area contributed by atoms with Crippen molar-refractivity contribution in [3.05, 3.63) is 29.3 Å². The molecule has 2 aliphatic rings. The van der Waals surface area contributed by atoms with Gasteiger partial charge in [0, 0.05) is 22.2 Å². The van der Waals surface area contributed by atoms with E-state index in [1.165, 1.54) is 0 Å². The van der Waals surface area contributed by atoms with Crippen molar-refractivity contribution in [1.82, 2.24) is 10.2 Å². The smallest absolute Gasteiger partial charge is 0.240 e. The number of rotatable bonds is 6. The summed E-state index contributed by atoms with van der Waals surface area (Å²) in [5.41, 5.74) is 0. The Hall–Kier alpha value is -1.53. The maximum atomic E-state index is 12.3. The Labute approximate surface area is 156 Å². The number of imide groups is 1. The minimum Gasteiger partial charge on any atom is -0.354 e. The topological polar surface area (TPSA) is 66.5 Å². The summed E-state index contributed by atoms with van der Waals surface area (Å²) in [4.78, 5) is 39.0. The van der Waals surface area contributed by atoms with Gasteiger partial charge in [-0.3, -0.25) is 19.3 Å². The van der Waals surface area contributed by atoms with E-state index in [1.807, 2.05) is 24.3 Å². The number of carbonyl (C=O) groups is 3. The van der Waals surface area contributed by atoms with Gasteiger partial charge < -0.3 is 5.32 Å². The molecule has 7 heteroatoms. The Morgan fingerprint density at radius 3 is 2.32 bits per heavy atom. The number of nitrogens with one attached hydrogen (secondary N) is 1. The second-order valence-electron chi connectivity index (χ2n) is 6.41. The fraction of sp³-hybridized carbons (Fsp3) is 0.500. The van der Waals surface area contributed by atoms with Crippen LogP contribution in [0.4, 0.5) is 0 Å². The minimum absolute atomic E-state index is 0.156. The van der Waals surface area contributed by atoms with Gasteiger partial charge in [-0.1, -0.05) is 24.4 Å². The Morgan fingerprint density at radius 2 is 1.72 bits per heavy atom. The molecule has 0 spiro atoms. The third kappa shape index (κ3) is 4.36. The maximum absolute atomic E-state index is 12.3. The van der Waals surface area contributed by atoms with Crippen molar-refractivity contribution < 1.29 is 14.4 Å². The molecule has 0 aromatic heterocycles. The first kappa shape index (κ1) is 18.3. The highest BCUT2D eigenvalue weighted by molar-refractivity contribution is 7.99. The lowest BCUT2D eigenvalue weighted by atomic mass is 9.81. The second-order valence-corrected chi connectivity index (χ2v) is 8.02. The van der Waals surface area contributed by atoms with Crippen LogP contribution in [0, 0.1) is 11.8 Å². The molecule has 1 saturated heterocycles. The molecule has 5 nitrogen and oxygen atoms in total. The average molecular weight is 381 g/mol. The molecular formula is C18H21ClN2O3S. The van der Waals surface area contributed by atoms with Gasteiger partial charge in [-0.05, 0) is 37.1 Å². The Kier molecular flexibility index (Phi) is 6.02. The zero-order valence-corrected chi connectivity index (χ0v) is 15.4. The second kappa shape index (κ2) is 8.23. The fourth-order valence-corrected chi connectivity index (χ4v) is 4.37. The van der Waals surface area contributed by atoms with Crippen LogP contribution in [0.15, 0.2) is 29.2 Å². The molecular weight excluding hydrogens is 360 g/mol. The number of thioether (sulfide) groups is 1. The van der Waals surface area contributed by atoms with E-state index in [0.29, 0.717) is 17.3 Å². The number of hydrogen-bond acceptors (Lipinski definition) is 4. The van der Waals surface area contributed by atoms with Crippen LogP contribution in [-0.2, 0) is 14.4 Å². The van der Waals surface area contributed by atoms with Crippen molar-refractivity contribution in [2.24, 2.45) is 11.8 Å². The highest BCUT2D eigenvalue weighted by Crippen LogP contribution is 2.37. The zero-order valence-electron chi connectivity index (χ0n) is 13.9. The van der Waals surface area contributed by atoms with Gasteiger partial charge in [0.15, 0.2) is 0 Å². The van der Waals surface area contributed by atoms with E-state index in [9.17, 15) is 14.4 Å². The van der Waals surface area contributed by atoms with Gasteiger partial charge in [-0.2, -0.15) is 0 Å². The predicted octanol–water partition coefficient (Wildman–Crippen LogP) is 2.72. The van der Waals surface area contributed by atoms with E-state index in [4.69, 9.17) is 11.6 Å². The first-order chi connectivity index (χ1) is 12.1. The summed E-state index contributed by atoms with van der Waals surface area (Å²) in [5, 5.41) is 3.47. The zero-order chi connectivity index (χ0) is 17.8. The Balaban J connectivity index is 1.42. The van der Waals surface area contributed by atoms with Crippen molar-refractivity contribution in [2.75, 3.05) is 18.8 Å². The van der Waals surface area contributed by atoms with Crippen LogP contribution >= 0.6 is 23.4 Å². The minimum atomic E-state index is -0.281. The lowest BCUT2D eigenvalue weighted by molar-refractivity contribution is -0.143. The van der Waals surface area contributed by atoms with Crippen LogP contribution in [0.25, 0.3) is 0 Å². The van der Waals surface area contributed by atoms with E-state index in [1.54, 1.807) is 11.8 Å². The van der Waals surface area contributed by atoms with Crippen LogP contribution in [0.1, 0.15) is 25.7 Å². The molecule has 1 saturated carbocycles. The lowest BCUT2D eigenvalue weighted by Crippen LogP contribution is -2.41. The van der Waals surface area contributed by atoms with Gasteiger partial charge in [0.05, 0.1) is 11.8 Å². The third-order valence-electron chi connectivity index (χ3n) is 4.74. The van der Waals surface area contributed by atoms with Gasteiger partial charge in [-0.15, -0.1) is 11.8 Å². The number of benzene rings is 1. The number of nitrogens with zero attached hydrogens (tertiary/aromatic N) is 1. The molecule has 1 heterocycles. The molecule has 2 atom stereocenters. The van der Waals surface area contributed by atoms with Gasteiger partial charge in [0.25, 0.3) is 0 Å². The number of halogens is 1. The summed E-state index contributed by atoms with van der Waals surface area (Å²) in [6.45, 7) is 0.325. The Morgan fingerprint density at radius 1 is 1.12 bits per heavy atom. The quantitative estimate of drug-likeness (QED) is 0.468. The maximum Gasteiger partial charge on any atom is 0.240 e. The third-order valence-corrected chi connectivity index (χ3v) is 6.01.